The lowest BCUT2D eigenvalue weighted by atomic mass is 10.1. The minimum absolute atomic E-state index is 0.291. The Morgan fingerprint density at radius 2 is 1.69 bits per heavy atom. The molecule has 1 fully saturated rings. The van der Waals surface area contributed by atoms with Crippen molar-refractivity contribution in [3.05, 3.63) is 53.6 Å². The van der Waals surface area contributed by atoms with Crippen molar-refractivity contribution in [3.63, 3.8) is 0 Å². The van der Waals surface area contributed by atoms with E-state index in [2.05, 4.69) is 15.9 Å². The zero-order valence-electron chi connectivity index (χ0n) is 15.6. The molecule has 1 aliphatic heterocycles. The second-order valence-corrected chi connectivity index (χ2v) is 7.04. The maximum Gasteiger partial charge on any atom is 0.122 e. The molecule has 0 aliphatic carbocycles. The number of ether oxygens (including phenoxy) is 1. The van der Waals surface area contributed by atoms with E-state index in [0.717, 1.165) is 48.7 Å². The molecule has 5 nitrogen and oxygen atoms in total. The Kier molecular flexibility index (Phi) is 6.01. The Balaban J connectivity index is 1.43. The van der Waals surface area contributed by atoms with Gasteiger partial charge < -0.3 is 19.8 Å². The van der Waals surface area contributed by atoms with Gasteiger partial charge in [0.05, 0.1) is 0 Å². The van der Waals surface area contributed by atoms with Crippen molar-refractivity contribution in [2.75, 3.05) is 44.2 Å². The molecule has 3 rings (SSSR count). The van der Waals surface area contributed by atoms with E-state index in [4.69, 9.17) is 4.74 Å². The number of piperazine rings is 1. The van der Waals surface area contributed by atoms with Crippen LogP contribution in [-0.4, -0.2) is 60.5 Å². The van der Waals surface area contributed by atoms with Crippen LogP contribution in [0.5, 0.6) is 11.5 Å². The van der Waals surface area contributed by atoms with Gasteiger partial charge in [0.25, 0.3) is 0 Å². The van der Waals surface area contributed by atoms with Gasteiger partial charge in [-0.05, 0) is 55.3 Å². The molecule has 0 aromatic heterocycles. The number of aliphatic hydroxyl groups is 1. The number of anilines is 1. The molecule has 0 spiro atoms. The highest BCUT2D eigenvalue weighted by Gasteiger charge is 2.20. The zero-order chi connectivity index (χ0) is 18.5. The Hall–Kier alpha value is -2.24. The fraction of sp³-hybridized carbons (Fsp3) is 0.429. The summed E-state index contributed by atoms with van der Waals surface area (Å²) < 4.78 is 5.81. The van der Waals surface area contributed by atoms with Crippen molar-refractivity contribution in [3.8, 4) is 11.5 Å². The molecule has 2 aromatic rings. The first-order valence-corrected chi connectivity index (χ1v) is 9.16. The van der Waals surface area contributed by atoms with Crippen LogP contribution in [0, 0.1) is 13.8 Å². The number of hydrogen-bond donors (Lipinski definition) is 2. The van der Waals surface area contributed by atoms with Gasteiger partial charge in [-0.25, -0.2) is 0 Å². The minimum atomic E-state index is -0.505. The third kappa shape index (κ3) is 4.90. The van der Waals surface area contributed by atoms with E-state index < -0.39 is 6.10 Å². The van der Waals surface area contributed by atoms with Crippen LogP contribution in [0.2, 0.25) is 0 Å². The summed E-state index contributed by atoms with van der Waals surface area (Å²) in [6.07, 6.45) is -0.505. The van der Waals surface area contributed by atoms with Crippen LogP contribution in [0.15, 0.2) is 42.5 Å². The number of β-amino-alcohol motifs (C(OH)–C–C–N with tert-alkyl or cyclic N) is 1. The first-order chi connectivity index (χ1) is 12.5. The number of benzene rings is 2. The third-order valence-corrected chi connectivity index (χ3v) is 4.83. The van der Waals surface area contributed by atoms with Crippen LogP contribution in [0.25, 0.3) is 0 Å². The summed E-state index contributed by atoms with van der Waals surface area (Å²) >= 11 is 0. The number of rotatable bonds is 6. The fourth-order valence-electron chi connectivity index (χ4n) is 3.25. The first-order valence-electron chi connectivity index (χ1n) is 9.16. The average molecular weight is 356 g/mol. The normalized spacial score (nSPS) is 16.5. The summed E-state index contributed by atoms with van der Waals surface area (Å²) in [7, 11) is 0. The second kappa shape index (κ2) is 8.43. The Labute approximate surface area is 155 Å². The van der Waals surface area contributed by atoms with Crippen LogP contribution in [0.3, 0.4) is 0 Å². The summed E-state index contributed by atoms with van der Waals surface area (Å²) in [6, 6.07) is 13.4. The molecule has 1 aliphatic rings. The molecule has 1 unspecified atom stereocenters. The number of hydrogen-bond acceptors (Lipinski definition) is 5. The lowest BCUT2D eigenvalue weighted by Gasteiger charge is -2.36. The summed E-state index contributed by atoms with van der Waals surface area (Å²) in [5, 5.41) is 19.7. The molecule has 1 heterocycles. The predicted octanol–water partition coefficient (Wildman–Crippen LogP) is 2.57. The monoisotopic (exact) mass is 356 g/mol. The van der Waals surface area contributed by atoms with Crippen molar-refractivity contribution in [1.29, 1.82) is 0 Å². The lowest BCUT2D eigenvalue weighted by Crippen LogP contribution is -2.49. The maximum atomic E-state index is 10.3. The van der Waals surface area contributed by atoms with Gasteiger partial charge in [-0.3, -0.25) is 4.90 Å². The van der Waals surface area contributed by atoms with Gasteiger partial charge >= 0.3 is 0 Å². The van der Waals surface area contributed by atoms with Crippen molar-refractivity contribution >= 4 is 5.69 Å². The van der Waals surface area contributed by atoms with Gasteiger partial charge in [0, 0.05) is 38.4 Å². The average Bonchev–Trinajstić information content (AvgIpc) is 2.64. The van der Waals surface area contributed by atoms with E-state index in [-0.39, 0.29) is 0 Å². The van der Waals surface area contributed by atoms with Crippen molar-refractivity contribution in [2.45, 2.75) is 20.0 Å². The molecule has 0 amide bonds. The van der Waals surface area contributed by atoms with E-state index in [0.29, 0.717) is 18.9 Å². The molecular weight excluding hydrogens is 328 g/mol. The topological polar surface area (TPSA) is 56.2 Å². The quantitative estimate of drug-likeness (QED) is 0.833. The van der Waals surface area contributed by atoms with Crippen LogP contribution in [0.1, 0.15) is 11.1 Å². The second-order valence-electron chi connectivity index (χ2n) is 7.04. The molecule has 140 valence electrons. The van der Waals surface area contributed by atoms with E-state index in [1.54, 1.807) is 12.1 Å². The number of phenolic OH excluding ortho intramolecular Hbond substituents is 1. The van der Waals surface area contributed by atoms with Crippen LogP contribution in [-0.2, 0) is 0 Å². The standard InChI is InChI=1S/C21H28N2O3/c1-16-3-4-17(2)21(13-16)26-15-20(25)14-22-9-11-23(12-10-22)18-5-7-19(24)8-6-18/h3-8,13,20,24-25H,9-12,14-15H2,1-2H3. The maximum absolute atomic E-state index is 10.3. The molecule has 0 bridgehead atoms. The van der Waals surface area contributed by atoms with Crippen LogP contribution in [0.4, 0.5) is 5.69 Å². The highest BCUT2D eigenvalue weighted by Crippen LogP contribution is 2.21. The molecule has 5 heteroatoms. The van der Waals surface area contributed by atoms with Crippen molar-refractivity contribution in [1.82, 2.24) is 4.90 Å². The predicted molar refractivity (Wildman–Crippen MR) is 104 cm³/mol. The van der Waals surface area contributed by atoms with Gasteiger partial charge in [0.15, 0.2) is 0 Å². The largest absolute Gasteiger partial charge is 0.508 e. The fourth-order valence-corrected chi connectivity index (χ4v) is 3.25. The summed E-state index contributed by atoms with van der Waals surface area (Å²) in [5.41, 5.74) is 3.37. The van der Waals surface area contributed by atoms with E-state index >= 15 is 0 Å². The van der Waals surface area contributed by atoms with E-state index in [1.807, 2.05) is 38.1 Å². The van der Waals surface area contributed by atoms with Crippen molar-refractivity contribution < 1.29 is 14.9 Å². The molecule has 0 saturated carbocycles. The summed E-state index contributed by atoms with van der Waals surface area (Å²) in [5.74, 6) is 1.14. The zero-order valence-corrected chi connectivity index (χ0v) is 15.6. The number of aryl methyl sites for hydroxylation is 2. The molecule has 2 aromatic carbocycles. The first kappa shape index (κ1) is 18.5. The highest BCUT2D eigenvalue weighted by atomic mass is 16.5. The van der Waals surface area contributed by atoms with Crippen LogP contribution >= 0.6 is 0 Å². The van der Waals surface area contributed by atoms with Gasteiger partial charge in [-0.1, -0.05) is 12.1 Å². The van der Waals surface area contributed by atoms with Crippen molar-refractivity contribution in [2.24, 2.45) is 0 Å². The molecule has 1 saturated heterocycles. The SMILES string of the molecule is Cc1ccc(C)c(OCC(O)CN2CCN(c3ccc(O)cc3)CC2)c1. The van der Waals surface area contributed by atoms with E-state index in [1.165, 1.54) is 0 Å². The number of nitrogens with zero attached hydrogens (tertiary/aromatic N) is 2. The lowest BCUT2D eigenvalue weighted by molar-refractivity contribution is 0.0660. The molecule has 0 radical (unpaired) electrons. The summed E-state index contributed by atoms with van der Waals surface area (Å²) in [6.45, 7) is 8.62. The van der Waals surface area contributed by atoms with Gasteiger partial charge in [0.2, 0.25) is 0 Å². The smallest absolute Gasteiger partial charge is 0.122 e. The summed E-state index contributed by atoms with van der Waals surface area (Å²) in [4.78, 5) is 4.57. The molecule has 2 N–H and O–H groups in total. The Bertz CT molecular complexity index is 710. The number of aromatic hydroxyl groups is 1. The van der Waals surface area contributed by atoms with Gasteiger partial charge in [-0.2, -0.15) is 0 Å². The molecule has 1 atom stereocenters. The number of aliphatic hydroxyl groups excluding tert-OH is 1. The van der Waals surface area contributed by atoms with Gasteiger partial charge in [-0.15, -0.1) is 0 Å². The van der Waals surface area contributed by atoms with Gasteiger partial charge in [0.1, 0.15) is 24.2 Å². The Morgan fingerprint density at radius 1 is 1.00 bits per heavy atom. The van der Waals surface area contributed by atoms with Crippen LogP contribution < -0.4 is 9.64 Å². The highest BCUT2D eigenvalue weighted by molar-refractivity contribution is 5.49. The minimum Gasteiger partial charge on any atom is -0.508 e. The third-order valence-electron chi connectivity index (χ3n) is 4.83. The Morgan fingerprint density at radius 3 is 2.38 bits per heavy atom. The molecule has 26 heavy (non-hydrogen) atoms. The van der Waals surface area contributed by atoms with E-state index in [9.17, 15) is 10.2 Å². The molecular formula is C21H28N2O3. The number of phenols is 1.